The number of nitriles is 1. The predicted molar refractivity (Wildman–Crippen MR) is 172 cm³/mol. The molecule has 243 valence electrons. The molecule has 1 aliphatic rings. The number of methoxy groups -OCH3 is 1. The van der Waals surface area contributed by atoms with Crippen molar-refractivity contribution in [2.75, 3.05) is 43.6 Å². The third-order valence-electron chi connectivity index (χ3n) is 8.36. The summed E-state index contributed by atoms with van der Waals surface area (Å²) in [5, 5.41) is 13.1. The second-order valence-electron chi connectivity index (χ2n) is 12.8. The van der Waals surface area contributed by atoms with E-state index in [2.05, 4.69) is 67.1 Å². The number of aromatic nitrogens is 3. The van der Waals surface area contributed by atoms with Gasteiger partial charge in [0.15, 0.2) is 8.32 Å². The maximum atomic E-state index is 13.4. The van der Waals surface area contributed by atoms with Crippen LogP contribution in [0.15, 0.2) is 36.5 Å². The Labute approximate surface area is 268 Å². The number of hydrogen-bond acceptors (Lipinski definition) is 10. The molecule has 0 spiro atoms. The van der Waals surface area contributed by atoms with E-state index < -0.39 is 25.6 Å². The zero-order chi connectivity index (χ0) is 33.9. The van der Waals surface area contributed by atoms with Crippen LogP contribution in [0.3, 0.4) is 0 Å². The fourth-order valence-electron chi connectivity index (χ4n) is 4.78. The van der Waals surface area contributed by atoms with Crippen LogP contribution >= 0.6 is 0 Å². The van der Waals surface area contributed by atoms with E-state index in [0.717, 1.165) is 11.6 Å². The number of halogens is 3. The van der Waals surface area contributed by atoms with Gasteiger partial charge in [0.1, 0.15) is 30.2 Å². The van der Waals surface area contributed by atoms with Crippen LogP contribution in [-0.4, -0.2) is 70.3 Å². The lowest BCUT2D eigenvalue weighted by atomic mass is 9.83. The van der Waals surface area contributed by atoms with Gasteiger partial charge in [0.05, 0.1) is 17.9 Å². The van der Waals surface area contributed by atoms with Crippen molar-refractivity contribution in [1.82, 2.24) is 15.0 Å². The van der Waals surface area contributed by atoms with Crippen molar-refractivity contribution in [3.05, 3.63) is 53.3 Å². The predicted octanol–water partition coefficient (Wildman–Crippen LogP) is 6.11. The van der Waals surface area contributed by atoms with Crippen LogP contribution in [0.5, 0.6) is 5.88 Å². The van der Waals surface area contributed by atoms with Crippen LogP contribution in [0, 0.1) is 11.3 Å². The Morgan fingerprint density at radius 2 is 1.91 bits per heavy atom. The highest BCUT2D eigenvalue weighted by Crippen LogP contribution is 2.46. The van der Waals surface area contributed by atoms with Gasteiger partial charge in [-0.1, -0.05) is 27.7 Å². The van der Waals surface area contributed by atoms with E-state index in [4.69, 9.17) is 13.9 Å². The van der Waals surface area contributed by atoms with Crippen LogP contribution in [-0.2, 0) is 25.5 Å². The van der Waals surface area contributed by atoms with E-state index in [1.165, 1.54) is 26.8 Å². The van der Waals surface area contributed by atoms with Crippen LogP contribution in [0.1, 0.15) is 44.5 Å². The molecule has 0 amide bonds. The minimum absolute atomic E-state index is 0.0132. The number of pyridine rings is 1. The van der Waals surface area contributed by atoms with Gasteiger partial charge < -0.3 is 28.8 Å². The molecule has 10 nitrogen and oxygen atoms in total. The van der Waals surface area contributed by atoms with E-state index >= 15 is 0 Å². The van der Waals surface area contributed by atoms with Gasteiger partial charge in [0.25, 0.3) is 0 Å². The smallest absolute Gasteiger partial charge is 0.433 e. The van der Waals surface area contributed by atoms with Crippen LogP contribution < -0.4 is 14.9 Å². The summed E-state index contributed by atoms with van der Waals surface area (Å²) in [5.41, 5.74) is 1.38. The summed E-state index contributed by atoms with van der Waals surface area (Å²) < 4.78 is 57.1. The van der Waals surface area contributed by atoms with Crippen molar-refractivity contribution in [3.63, 3.8) is 0 Å². The Morgan fingerprint density at radius 1 is 1.17 bits per heavy atom. The third kappa shape index (κ3) is 7.51. The summed E-state index contributed by atoms with van der Waals surface area (Å²) >= 11 is 0. The second kappa shape index (κ2) is 13.4. The number of nitrogens with one attached hydrogen (secondary N) is 1. The fourth-order valence-corrected chi connectivity index (χ4v) is 5.90. The Morgan fingerprint density at radius 3 is 2.54 bits per heavy atom. The first kappa shape index (κ1) is 34.9. The van der Waals surface area contributed by atoms with Crippen LogP contribution in [0.4, 0.5) is 30.5 Å². The molecule has 3 aromatic rings. The first-order chi connectivity index (χ1) is 21.5. The van der Waals surface area contributed by atoms with Gasteiger partial charge in [-0.15, -0.1) is 0 Å². The molecule has 1 aliphatic heterocycles. The molecule has 1 atom stereocenters. The molecular formula is C31H37BF3N6O4Si. The van der Waals surface area contributed by atoms with E-state index in [9.17, 15) is 23.2 Å². The van der Waals surface area contributed by atoms with Gasteiger partial charge in [-0.05, 0) is 54.0 Å². The van der Waals surface area contributed by atoms with Crippen molar-refractivity contribution in [1.29, 1.82) is 5.26 Å². The second-order valence-corrected chi connectivity index (χ2v) is 17.6. The lowest BCUT2D eigenvalue weighted by molar-refractivity contribution is -0.141. The van der Waals surface area contributed by atoms with Gasteiger partial charge in [0.2, 0.25) is 11.8 Å². The zero-order valence-electron chi connectivity index (χ0n) is 27.0. The average Bonchev–Trinajstić information content (AvgIpc) is 3.27. The Kier molecular flexibility index (Phi) is 10.1. The monoisotopic (exact) mass is 653 g/mol. The van der Waals surface area contributed by atoms with E-state index in [1.54, 1.807) is 16.9 Å². The quantitative estimate of drug-likeness (QED) is 0.139. The highest BCUT2D eigenvalue weighted by atomic mass is 28.4. The summed E-state index contributed by atoms with van der Waals surface area (Å²) in [5.74, 6) is -0.205. The van der Waals surface area contributed by atoms with E-state index in [1.807, 2.05) is 6.07 Å². The van der Waals surface area contributed by atoms with Crippen LogP contribution in [0.25, 0.3) is 11.3 Å². The molecule has 3 heterocycles. The zero-order valence-corrected chi connectivity index (χ0v) is 28.0. The van der Waals surface area contributed by atoms with E-state index in [-0.39, 0.29) is 35.8 Å². The first-order valence-electron chi connectivity index (χ1n) is 14.6. The van der Waals surface area contributed by atoms with E-state index in [0.29, 0.717) is 41.8 Å². The number of carbonyl (C=O) groups is 1. The largest absolute Gasteiger partial charge is 0.474 e. The highest BCUT2D eigenvalue weighted by Gasteiger charge is 2.44. The molecule has 1 aromatic carbocycles. The minimum Gasteiger partial charge on any atom is -0.474 e. The molecule has 1 N–H and O–H groups in total. The molecule has 0 aliphatic carbocycles. The van der Waals surface area contributed by atoms with Gasteiger partial charge in [-0.3, -0.25) is 0 Å². The fraction of sp³-hybridized carbons (Fsp3) is 0.452. The molecule has 0 fully saturated rings. The maximum absolute atomic E-state index is 13.4. The SMILES string of the molecule is COCCOc1nc(C(F)(F)F)ccc1Nc1nccc(-c2cc(C#N)c3c(c2)[C@@](C)(CO[Si](C)(C)C(C)(C)C)CN3[B]C=O)n1. The summed E-state index contributed by atoms with van der Waals surface area (Å²) in [6.45, 7) is 13.8. The third-order valence-corrected chi connectivity index (χ3v) is 12.8. The summed E-state index contributed by atoms with van der Waals surface area (Å²) in [6.07, 6.45) is -2.46. The molecule has 1 radical (unpaired) electrons. The number of rotatable bonds is 12. The summed E-state index contributed by atoms with van der Waals surface area (Å²) in [4.78, 5) is 25.8. The molecule has 0 saturated carbocycles. The number of fused-ring (bicyclic) bond motifs is 1. The molecule has 0 unspecified atom stereocenters. The van der Waals surface area contributed by atoms with Gasteiger partial charge in [-0.25, -0.2) is 15.0 Å². The molecule has 15 heteroatoms. The van der Waals surface area contributed by atoms with Crippen molar-refractivity contribution in [2.24, 2.45) is 0 Å². The molecule has 46 heavy (non-hydrogen) atoms. The van der Waals surface area contributed by atoms with Crippen molar-refractivity contribution < 1.29 is 31.9 Å². The molecular weight excluding hydrogens is 616 g/mol. The number of alkyl halides is 3. The van der Waals surface area contributed by atoms with Crippen LogP contribution in [0.2, 0.25) is 18.1 Å². The lowest BCUT2D eigenvalue weighted by Gasteiger charge is -2.39. The number of carbonyl (C=O) groups excluding carboxylic acids is 1. The Balaban J connectivity index is 1.73. The summed E-state index contributed by atoms with van der Waals surface area (Å²) in [6, 6.07) is 9.60. The molecule has 0 bridgehead atoms. The Bertz CT molecular complexity index is 1630. The number of benzene rings is 1. The van der Waals surface area contributed by atoms with Gasteiger partial charge in [0, 0.05) is 43.1 Å². The minimum atomic E-state index is -4.66. The maximum Gasteiger partial charge on any atom is 0.433 e. The highest BCUT2D eigenvalue weighted by molar-refractivity contribution is 6.74. The average molecular weight is 654 g/mol. The summed E-state index contributed by atoms with van der Waals surface area (Å²) in [7, 11) is 0.737. The van der Waals surface area contributed by atoms with Crippen molar-refractivity contribution in [2.45, 2.75) is 57.4 Å². The molecule has 4 rings (SSSR count). The molecule has 2 aromatic heterocycles. The number of nitrogens with zero attached hydrogens (tertiary/aromatic N) is 5. The van der Waals surface area contributed by atoms with Crippen molar-refractivity contribution in [3.8, 4) is 23.2 Å². The first-order valence-corrected chi connectivity index (χ1v) is 17.5. The number of hydrogen-bond donors (Lipinski definition) is 1. The number of ether oxygens (including phenoxy) is 2. The topological polar surface area (TPSA) is 122 Å². The Hall–Kier alpha value is -4.00. The standard InChI is InChI=1S/C31H37BF3N6O4Si/c1-29(2,3)46(6,7)45-18-30(4)17-41(32-19-42)26-21(16-36)14-20(15-22(26)30)23-10-11-37-28(38-23)39-24-8-9-25(31(33,34)35)40-27(24)44-13-12-43-5/h8-11,14-15,19H,12-13,17-18H2,1-7H3,(H,37,38,39)/t30-/m1/s1. The normalized spacial score (nSPS) is 16.5. The van der Waals surface area contributed by atoms with Crippen molar-refractivity contribution >= 4 is 39.2 Å². The lowest BCUT2D eigenvalue weighted by Crippen LogP contribution is -2.46. The molecule has 0 saturated heterocycles. The van der Waals surface area contributed by atoms with Gasteiger partial charge in [-0.2, -0.15) is 18.4 Å². The number of anilines is 3. The van der Waals surface area contributed by atoms with Gasteiger partial charge >= 0.3 is 13.6 Å².